The lowest BCUT2D eigenvalue weighted by molar-refractivity contribution is -0.120. The number of nitrogens with zero attached hydrogens (tertiary/aromatic N) is 4. The van der Waals surface area contributed by atoms with Crippen molar-refractivity contribution in [1.82, 2.24) is 14.9 Å². The molecule has 0 spiro atoms. The first-order valence-corrected chi connectivity index (χ1v) is 8.83. The molecule has 0 unspecified atom stereocenters. The van der Waals surface area contributed by atoms with Crippen LogP contribution in [-0.2, 0) is 4.79 Å². The van der Waals surface area contributed by atoms with Crippen LogP contribution in [0.1, 0.15) is 6.92 Å². The number of amides is 1. The molecule has 0 saturated carbocycles. The van der Waals surface area contributed by atoms with Gasteiger partial charge in [-0.05, 0) is 25.1 Å². The standard InChI is InChI=1S/C17H19Cl2N5O/c1-12(16(25)22-15-13(18)4-2-5-14(15)19)23-8-10-24(11-9-23)17-20-6-3-7-21-17/h2-7,12H,8-11H2,1H3,(H,22,25)/t12-/m0/s1. The summed E-state index contributed by atoms with van der Waals surface area (Å²) >= 11 is 12.2. The maximum Gasteiger partial charge on any atom is 0.241 e. The molecule has 1 aromatic heterocycles. The molecule has 1 atom stereocenters. The number of hydrogen-bond acceptors (Lipinski definition) is 5. The van der Waals surface area contributed by atoms with Crippen LogP contribution >= 0.6 is 23.2 Å². The molecule has 1 fully saturated rings. The predicted molar refractivity (Wildman–Crippen MR) is 100 cm³/mol. The summed E-state index contributed by atoms with van der Waals surface area (Å²) in [6.07, 6.45) is 3.47. The molecule has 0 radical (unpaired) electrons. The first kappa shape index (κ1) is 17.9. The number of benzene rings is 1. The van der Waals surface area contributed by atoms with Crippen LogP contribution in [0.5, 0.6) is 0 Å². The van der Waals surface area contributed by atoms with Gasteiger partial charge in [0.25, 0.3) is 0 Å². The highest BCUT2D eigenvalue weighted by Gasteiger charge is 2.27. The van der Waals surface area contributed by atoms with Crippen molar-refractivity contribution >= 4 is 40.7 Å². The Balaban J connectivity index is 1.59. The van der Waals surface area contributed by atoms with Crippen LogP contribution in [0.3, 0.4) is 0 Å². The van der Waals surface area contributed by atoms with Gasteiger partial charge >= 0.3 is 0 Å². The molecule has 6 nitrogen and oxygen atoms in total. The molecule has 1 N–H and O–H groups in total. The van der Waals surface area contributed by atoms with Crippen molar-refractivity contribution in [3.63, 3.8) is 0 Å². The predicted octanol–water partition coefficient (Wildman–Crippen LogP) is 2.93. The van der Waals surface area contributed by atoms with Crippen LogP contribution in [0.15, 0.2) is 36.7 Å². The summed E-state index contributed by atoms with van der Waals surface area (Å²) < 4.78 is 0. The summed E-state index contributed by atoms with van der Waals surface area (Å²) in [6.45, 7) is 4.93. The summed E-state index contributed by atoms with van der Waals surface area (Å²) in [7, 11) is 0. The lowest BCUT2D eigenvalue weighted by Crippen LogP contribution is -2.53. The van der Waals surface area contributed by atoms with Gasteiger partial charge in [0.15, 0.2) is 0 Å². The van der Waals surface area contributed by atoms with Crippen LogP contribution in [0.4, 0.5) is 11.6 Å². The smallest absolute Gasteiger partial charge is 0.241 e. The fraction of sp³-hybridized carbons (Fsp3) is 0.353. The number of halogens is 2. The van der Waals surface area contributed by atoms with E-state index in [-0.39, 0.29) is 11.9 Å². The maximum atomic E-state index is 12.6. The molecule has 2 aromatic rings. The van der Waals surface area contributed by atoms with Crippen LogP contribution in [0.25, 0.3) is 0 Å². The van der Waals surface area contributed by atoms with E-state index in [1.165, 1.54) is 0 Å². The van der Waals surface area contributed by atoms with Crippen LogP contribution < -0.4 is 10.2 Å². The lowest BCUT2D eigenvalue weighted by Gasteiger charge is -2.37. The van der Waals surface area contributed by atoms with Gasteiger partial charge in [0.1, 0.15) is 0 Å². The SMILES string of the molecule is C[C@@H](C(=O)Nc1c(Cl)cccc1Cl)N1CCN(c2ncccn2)CC1. The van der Waals surface area contributed by atoms with E-state index < -0.39 is 0 Å². The second-order valence-corrected chi connectivity index (χ2v) is 6.65. The van der Waals surface area contributed by atoms with Gasteiger partial charge in [-0.3, -0.25) is 9.69 Å². The van der Waals surface area contributed by atoms with E-state index in [9.17, 15) is 4.79 Å². The van der Waals surface area contributed by atoms with Gasteiger partial charge in [-0.2, -0.15) is 0 Å². The molecule has 0 bridgehead atoms. The molecule has 1 amide bonds. The van der Waals surface area contributed by atoms with Crippen molar-refractivity contribution < 1.29 is 4.79 Å². The minimum Gasteiger partial charge on any atom is -0.338 e. The Morgan fingerprint density at radius 1 is 1.08 bits per heavy atom. The zero-order valence-corrected chi connectivity index (χ0v) is 15.3. The molecule has 1 saturated heterocycles. The first-order chi connectivity index (χ1) is 12.1. The van der Waals surface area contributed by atoms with Gasteiger partial charge in [0, 0.05) is 38.6 Å². The van der Waals surface area contributed by atoms with Gasteiger partial charge in [-0.25, -0.2) is 9.97 Å². The quantitative estimate of drug-likeness (QED) is 0.884. The molecular formula is C17H19Cl2N5O. The topological polar surface area (TPSA) is 61.4 Å². The van der Waals surface area contributed by atoms with E-state index in [1.54, 1.807) is 36.7 Å². The highest BCUT2D eigenvalue weighted by Crippen LogP contribution is 2.30. The van der Waals surface area contributed by atoms with Crippen LogP contribution in [-0.4, -0.2) is 53.0 Å². The zero-order chi connectivity index (χ0) is 17.8. The average Bonchev–Trinajstić information content (AvgIpc) is 2.65. The third kappa shape index (κ3) is 4.21. The van der Waals surface area contributed by atoms with Gasteiger partial charge < -0.3 is 10.2 Å². The van der Waals surface area contributed by atoms with E-state index >= 15 is 0 Å². The number of nitrogens with one attached hydrogen (secondary N) is 1. The summed E-state index contributed by atoms with van der Waals surface area (Å²) in [4.78, 5) is 25.3. The number of piperazine rings is 1. The summed E-state index contributed by atoms with van der Waals surface area (Å²) in [5.41, 5.74) is 0.457. The van der Waals surface area contributed by atoms with Gasteiger partial charge in [0.05, 0.1) is 21.8 Å². The average molecular weight is 380 g/mol. The number of carbonyl (C=O) groups excluding carboxylic acids is 1. The second-order valence-electron chi connectivity index (χ2n) is 5.83. The monoisotopic (exact) mass is 379 g/mol. The van der Waals surface area contributed by atoms with E-state index in [1.807, 2.05) is 6.92 Å². The Labute approximate surface area is 156 Å². The normalized spacial score (nSPS) is 16.5. The Morgan fingerprint density at radius 2 is 1.68 bits per heavy atom. The van der Waals surface area contributed by atoms with Gasteiger partial charge in [0.2, 0.25) is 11.9 Å². The minimum atomic E-state index is -0.286. The molecule has 8 heteroatoms. The van der Waals surface area contributed by atoms with E-state index in [4.69, 9.17) is 23.2 Å². The molecule has 3 rings (SSSR count). The van der Waals surface area contributed by atoms with Gasteiger partial charge in [-0.15, -0.1) is 0 Å². The number of rotatable bonds is 4. The molecule has 25 heavy (non-hydrogen) atoms. The highest BCUT2D eigenvalue weighted by molar-refractivity contribution is 6.39. The largest absolute Gasteiger partial charge is 0.338 e. The first-order valence-electron chi connectivity index (χ1n) is 8.07. The Bertz CT molecular complexity index is 715. The molecule has 132 valence electrons. The van der Waals surface area contributed by atoms with Crippen molar-refractivity contribution in [1.29, 1.82) is 0 Å². The Kier molecular flexibility index (Phi) is 5.73. The zero-order valence-electron chi connectivity index (χ0n) is 13.8. The molecular weight excluding hydrogens is 361 g/mol. The van der Waals surface area contributed by atoms with E-state index in [2.05, 4.69) is 25.1 Å². The van der Waals surface area contributed by atoms with E-state index in [0.717, 1.165) is 32.1 Å². The number of aromatic nitrogens is 2. The fourth-order valence-electron chi connectivity index (χ4n) is 2.77. The highest BCUT2D eigenvalue weighted by atomic mass is 35.5. The molecule has 1 aliphatic heterocycles. The van der Waals surface area contributed by atoms with Crippen LogP contribution in [0, 0.1) is 0 Å². The fourth-order valence-corrected chi connectivity index (χ4v) is 3.27. The Hall–Kier alpha value is -1.89. The van der Waals surface area contributed by atoms with Crippen molar-refractivity contribution in [2.45, 2.75) is 13.0 Å². The molecule has 0 aliphatic carbocycles. The number of para-hydroxylation sites is 1. The number of anilines is 2. The summed E-state index contributed by atoms with van der Waals surface area (Å²) in [6, 6.07) is 6.66. The third-order valence-corrected chi connectivity index (χ3v) is 4.92. The molecule has 1 aliphatic rings. The number of hydrogen-bond donors (Lipinski definition) is 1. The van der Waals surface area contributed by atoms with Crippen molar-refractivity contribution in [3.8, 4) is 0 Å². The van der Waals surface area contributed by atoms with Crippen LogP contribution in [0.2, 0.25) is 10.0 Å². The van der Waals surface area contributed by atoms with Crippen molar-refractivity contribution in [2.24, 2.45) is 0 Å². The van der Waals surface area contributed by atoms with Crippen molar-refractivity contribution in [2.75, 3.05) is 36.4 Å². The molecule has 2 heterocycles. The summed E-state index contributed by atoms with van der Waals surface area (Å²) in [5, 5.41) is 3.70. The lowest BCUT2D eigenvalue weighted by atomic mass is 10.2. The maximum absolute atomic E-state index is 12.6. The van der Waals surface area contributed by atoms with E-state index in [0.29, 0.717) is 15.7 Å². The minimum absolute atomic E-state index is 0.126. The summed E-state index contributed by atoms with van der Waals surface area (Å²) in [5.74, 6) is 0.599. The second kappa shape index (κ2) is 7.99. The van der Waals surface area contributed by atoms with Crippen molar-refractivity contribution in [3.05, 3.63) is 46.7 Å². The number of carbonyl (C=O) groups is 1. The molecule has 1 aromatic carbocycles. The third-order valence-electron chi connectivity index (χ3n) is 4.29. The van der Waals surface area contributed by atoms with Gasteiger partial charge in [-0.1, -0.05) is 29.3 Å². The Morgan fingerprint density at radius 3 is 2.28 bits per heavy atom.